The molecule has 2 aliphatic heterocycles. The molecular formula is C18H32O3S2. The third kappa shape index (κ3) is 7.39. The highest BCUT2D eigenvalue weighted by Crippen LogP contribution is 2.45. The third-order valence-electron chi connectivity index (χ3n) is 4.53. The molecule has 2 atom stereocenters. The summed E-state index contributed by atoms with van der Waals surface area (Å²) in [5.41, 5.74) is 1.08. The van der Waals surface area contributed by atoms with Crippen LogP contribution in [-0.4, -0.2) is 46.3 Å². The number of aliphatic hydroxyl groups is 1. The SMILES string of the molecule is C/C(=C\CCOC1CCCCO1)C(O)CCC1(C)SCCCS1. The lowest BCUT2D eigenvalue weighted by atomic mass is 10.0. The molecule has 2 rings (SSSR count). The van der Waals surface area contributed by atoms with Crippen molar-refractivity contribution in [3.63, 3.8) is 0 Å². The highest BCUT2D eigenvalue weighted by molar-refractivity contribution is 8.18. The van der Waals surface area contributed by atoms with Crippen LogP contribution in [0.15, 0.2) is 11.6 Å². The molecule has 5 heteroatoms. The second-order valence-electron chi connectivity index (χ2n) is 6.64. The van der Waals surface area contributed by atoms with Crippen LogP contribution >= 0.6 is 23.5 Å². The maximum Gasteiger partial charge on any atom is 0.157 e. The van der Waals surface area contributed by atoms with Gasteiger partial charge in [-0.25, -0.2) is 0 Å². The van der Waals surface area contributed by atoms with Crippen LogP contribution in [0, 0.1) is 0 Å². The summed E-state index contributed by atoms with van der Waals surface area (Å²) < 4.78 is 11.6. The quantitative estimate of drug-likeness (QED) is 0.506. The number of aliphatic hydroxyl groups excluding tert-OH is 1. The van der Waals surface area contributed by atoms with Crippen molar-refractivity contribution in [1.82, 2.24) is 0 Å². The van der Waals surface area contributed by atoms with Gasteiger partial charge in [-0.1, -0.05) is 6.08 Å². The molecule has 1 N–H and O–H groups in total. The maximum absolute atomic E-state index is 10.4. The van der Waals surface area contributed by atoms with E-state index in [-0.39, 0.29) is 12.4 Å². The van der Waals surface area contributed by atoms with Crippen LogP contribution in [0.5, 0.6) is 0 Å². The van der Waals surface area contributed by atoms with E-state index < -0.39 is 0 Å². The van der Waals surface area contributed by atoms with Gasteiger partial charge in [0.1, 0.15) is 0 Å². The molecule has 2 fully saturated rings. The fourth-order valence-electron chi connectivity index (χ4n) is 2.91. The molecule has 0 spiro atoms. The molecule has 0 amide bonds. The lowest BCUT2D eigenvalue weighted by Gasteiger charge is -2.33. The molecule has 2 unspecified atom stereocenters. The molecule has 23 heavy (non-hydrogen) atoms. The van der Waals surface area contributed by atoms with Crippen molar-refractivity contribution >= 4 is 23.5 Å². The van der Waals surface area contributed by atoms with Crippen LogP contribution < -0.4 is 0 Å². The standard InChI is InChI=1S/C18H32O3S2/c1-15(7-5-12-21-17-8-3-4-11-20-17)16(19)9-10-18(2)22-13-6-14-23-18/h7,16-17,19H,3-6,8-14H2,1-2H3/b15-7+. The zero-order valence-electron chi connectivity index (χ0n) is 14.6. The molecule has 0 aromatic heterocycles. The van der Waals surface area contributed by atoms with E-state index in [4.69, 9.17) is 9.47 Å². The third-order valence-corrected chi connectivity index (χ3v) is 7.85. The van der Waals surface area contributed by atoms with Gasteiger partial charge in [0.2, 0.25) is 0 Å². The van der Waals surface area contributed by atoms with Crippen LogP contribution in [0.1, 0.15) is 58.8 Å². The average molecular weight is 361 g/mol. The van der Waals surface area contributed by atoms with Gasteiger partial charge >= 0.3 is 0 Å². The van der Waals surface area contributed by atoms with Gasteiger partial charge in [0.15, 0.2) is 6.29 Å². The highest BCUT2D eigenvalue weighted by atomic mass is 32.2. The van der Waals surface area contributed by atoms with Gasteiger partial charge in [0, 0.05) is 6.61 Å². The Morgan fingerprint density at radius 3 is 2.83 bits per heavy atom. The summed E-state index contributed by atoms with van der Waals surface area (Å²) in [6, 6.07) is 0. The summed E-state index contributed by atoms with van der Waals surface area (Å²) >= 11 is 4.11. The summed E-state index contributed by atoms with van der Waals surface area (Å²) in [6.45, 7) is 5.86. The average Bonchev–Trinajstić information content (AvgIpc) is 2.58. The van der Waals surface area contributed by atoms with Crippen LogP contribution in [0.4, 0.5) is 0 Å². The van der Waals surface area contributed by atoms with Crippen LogP contribution in [0.2, 0.25) is 0 Å². The lowest BCUT2D eigenvalue weighted by molar-refractivity contribution is -0.161. The first-order valence-corrected chi connectivity index (χ1v) is 10.9. The lowest BCUT2D eigenvalue weighted by Crippen LogP contribution is -2.23. The van der Waals surface area contributed by atoms with Crippen molar-refractivity contribution < 1.29 is 14.6 Å². The van der Waals surface area contributed by atoms with Crippen LogP contribution in [0.3, 0.4) is 0 Å². The van der Waals surface area contributed by atoms with E-state index in [2.05, 4.69) is 36.5 Å². The molecule has 0 aliphatic carbocycles. The largest absolute Gasteiger partial charge is 0.389 e. The van der Waals surface area contributed by atoms with E-state index in [1.165, 1.54) is 24.3 Å². The number of rotatable bonds is 8. The fraction of sp³-hybridized carbons (Fsp3) is 0.889. The predicted molar refractivity (Wildman–Crippen MR) is 101 cm³/mol. The van der Waals surface area contributed by atoms with Crippen molar-refractivity contribution in [1.29, 1.82) is 0 Å². The van der Waals surface area contributed by atoms with E-state index in [0.29, 0.717) is 10.7 Å². The van der Waals surface area contributed by atoms with Crippen molar-refractivity contribution in [3.8, 4) is 0 Å². The van der Waals surface area contributed by atoms with E-state index in [1.54, 1.807) is 0 Å². The van der Waals surface area contributed by atoms with E-state index in [9.17, 15) is 5.11 Å². The fourth-order valence-corrected chi connectivity index (χ4v) is 5.89. The first-order valence-electron chi connectivity index (χ1n) is 8.95. The predicted octanol–water partition coefficient (Wildman–Crippen LogP) is 4.59. The second-order valence-corrected chi connectivity index (χ2v) is 10.1. The summed E-state index contributed by atoms with van der Waals surface area (Å²) in [4.78, 5) is 0. The number of ether oxygens (including phenoxy) is 2. The molecular weight excluding hydrogens is 328 g/mol. The van der Waals surface area contributed by atoms with Gasteiger partial charge < -0.3 is 14.6 Å². The summed E-state index contributed by atoms with van der Waals surface area (Å²) in [6.07, 6.45) is 9.25. The molecule has 2 heterocycles. The monoisotopic (exact) mass is 360 g/mol. The van der Waals surface area contributed by atoms with Crippen molar-refractivity contribution in [2.75, 3.05) is 24.7 Å². The first-order chi connectivity index (χ1) is 11.1. The normalized spacial score (nSPS) is 26.9. The molecule has 3 nitrogen and oxygen atoms in total. The van der Waals surface area contributed by atoms with Gasteiger partial charge in [0.05, 0.1) is 16.8 Å². The Hall–Kier alpha value is 0.320. The molecule has 2 aliphatic rings. The number of thioether (sulfide) groups is 2. The molecule has 0 bridgehead atoms. The Morgan fingerprint density at radius 1 is 1.35 bits per heavy atom. The minimum absolute atomic E-state index is 0.0114. The summed E-state index contributed by atoms with van der Waals surface area (Å²) in [7, 11) is 0. The smallest absolute Gasteiger partial charge is 0.157 e. The molecule has 0 saturated carbocycles. The van der Waals surface area contributed by atoms with Gasteiger partial charge in [0.25, 0.3) is 0 Å². The molecule has 2 saturated heterocycles. The summed E-state index contributed by atoms with van der Waals surface area (Å²) in [5.74, 6) is 2.52. The Morgan fingerprint density at radius 2 is 2.13 bits per heavy atom. The highest BCUT2D eigenvalue weighted by Gasteiger charge is 2.28. The first kappa shape index (κ1) is 19.6. The van der Waals surface area contributed by atoms with Gasteiger partial charge in [-0.3, -0.25) is 0 Å². The summed E-state index contributed by atoms with van der Waals surface area (Å²) in [5, 5.41) is 10.4. The minimum Gasteiger partial charge on any atom is -0.389 e. The zero-order chi connectivity index (χ0) is 16.5. The Balaban J connectivity index is 1.61. The van der Waals surface area contributed by atoms with Gasteiger partial charge in [-0.15, -0.1) is 23.5 Å². The van der Waals surface area contributed by atoms with E-state index >= 15 is 0 Å². The number of hydrogen-bond donors (Lipinski definition) is 1. The van der Waals surface area contributed by atoms with Gasteiger partial charge in [-0.05, 0) is 75.9 Å². The Labute approximate surface area is 150 Å². The van der Waals surface area contributed by atoms with Crippen molar-refractivity contribution in [3.05, 3.63) is 11.6 Å². The Bertz CT molecular complexity index is 361. The molecule has 0 aromatic rings. The van der Waals surface area contributed by atoms with Crippen molar-refractivity contribution in [2.45, 2.75) is 75.3 Å². The molecule has 134 valence electrons. The second kappa shape index (κ2) is 10.3. The minimum atomic E-state index is -0.319. The van der Waals surface area contributed by atoms with Crippen molar-refractivity contribution in [2.24, 2.45) is 0 Å². The van der Waals surface area contributed by atoms with Crippen LogP contribution in [-0.2, 0) is 9.47 Å². The molecule has 0 radical (unpaired) electrons. The zero-order valence-corrected chi connectivity index (χ0v) is 16.2. The van der Waals surface area contributed by atoms with E-state index in [0.717, 1.165) is 44.3 Å². The maximum atomic E-state index is 10.4. The topological polar surface area (TPSA) is 38.7 Å². The Kier molecular flexibility index (Phi) is 8.83. The van der Waals surface area contributed by atoms with Gasteiger partial charge in [-0.2, -0.15) is 0 Å². The van der Waals surface area contributed by atoms with Crippen LogP contribution in [0.25, 0.3) is 0 Å². The molecule has 0 aromatic carbocycles. The van der Waals surface area contributed by atoms with E-state index in [1.807, 2.05) is 6.92 Å². The number of hydrogen-bond acceptors (Lipinski definition) is 5.